The van der Waals surface area contributed by atoms with Gasteiger partial charge >= 0.3 is 0 Å². The number of hydrogen-bond acceptors (Lipinski definition) is 0. The smallest absolute Gasteiger partial charge is 0.0885 e. The molecule has 0 aliphatic heterocycles. The molecular formula is C20H43BrClN. The second-order valence-corrected chi connectivity index (χ2v) is 7.90. The fourth-order valence-electron chi connectivity index (χ4n) is 3.47. The highest BCUT2D eigenvalue weighted by Crippen LogP contribution is 2.18. The second kappa shape index (κ2) is 19.1. The van der Waals surface area contributed by atoms with Crippen molar-refractivity contribution in [3.8, 4) is 0 Å². The Balaban J connectivity index is 0. The van der Waals surface area contributed by atoms with Gasteiger partial charge in [-0.15, -0.1) is 0 Å². The van der Waals surface area contributed by atoms with Gasteiger partial charge in [-0.2, -0.15) is 0 Å². The number of halogens is 2. The maximum atomic E-state index is 3.74. The molecule has 0 aromatic heterocycles. The molecule has 0 aromatic rings. The number of hydrogen-bond donors (Lipinski definition) is 0. The normalized spacial score (nSPS) is 11.5. The summed E-state index contributed by atoms with van der Waals surface area (Å²) in [5, 5.41) is 1.17. The highest BCUT2D eigenvalue weighted by Gasteiger charge is 2.25. The average Bonchev–Trinajstić information content (AvgIpc) is 2.53. The average molecular weight is 413 g/mol. The lowest BCUT2D eigenvalue weighted by Crippen LogP contribution is -3.00. The summed E-state index contributed by atoms with van der Waals surface area (Å²) in [4.78, 5) is 0. The summed E-state index contributed by atoms with van der Waals surface area (Å²) < 4.78 is 1.39. The molecule has 23 heavy (non-hydrogen) atoms. The van der Waals surface area contributed by atoms with E-state index in [1.807, 2.05) is 0 Å². The van der Waals surface area contributed by atoms with E-state index in [9.17, 15) is 0 Å². The van der Waals surface area contributed by atoms with Crippen molar-refractivity contribution >= 4 is 15.9 Å². The van der Waals surface area contributed by atoms with E-state index in [4.69, 9.17) is 0 Å². The number of quaternary nitrogens is 1. The van der Waals surface area contributed by atoms with Crippen LogP contribution in [-0.2, 0) is 0 Å². The van der Waals surface area contributed by atoms with Gasteiger partial charge in [0.05, 0.1) is 31.5 Å². The lowest BCUT2D eigenvalue weighted by molar-refractivity contribution is -0.926. The van der Waals surface area contributed by atoms with Gasteiger partial charge in [-0.05, 0) is 38.5 Å². The fourth-order valence-corrected chi connectivity index (χ4v) is 4.22. The van der Waals surface area contributed by atoms with Crippen LogP contribution < -0.4 is 12.4 Å². The molecular weight excluding hydrogens is 370 g/mol. The predicted molar refractivity (Wildman–Crippen MR) is 106 cm³/mol. The fraction of sp³-hybridized carbons (Fsp3) is 1.00. The Morgan fingerprint density at radius 1 is 0.522 bits per heavy atom. The molecule has 0 saturated carbocycles. The van der Waals surface area contributed by atoms with E-state index in [1.165, 1.54) is 113 Å². The van der Waals surface area contributed by atoms with E-state index in [-0.39, 0.29) is 12.4 Å². The first-order valence-electron chi connectivity index (χ1n) is 10.2. The molecule has 0 aromatic carbocycles. The van der Waals surface area contributed by atoms with Gasteiger partial charge < -0.3 is 16.9 Å². The first-order chi connectivity index (χ1) is 10.7. The van der Waals surface area contributed by atoms with Crippen LogP contribution in [0.3, 0.4) is 0 Å². The third-order valence-corrected chi connectivity index (χ3v) is 5.37. The van der Waals surface area contributed by atoms with E-state index < -0.39 is 0 Å². The summed E-state index contributed by atoms with van der Waals surface area (Å²) in [6, 6.07) is 0. The molecule has 0 aliphatic carbocycles. The second-order valence-electron chi connectivity index (χ2n) is 7.11. The SMILES string of the molecule is CCCCCC[N+](CCBr)(CCCCCC)CCCCCC.[Cl-]. The first kappa shape index (κ1) is 26.0. The third kappa shape index (κ3) is 14.8. The van der Waals surface area contributed by atoms with Crippen LogP contribution in [0, 0.1) is 0 Å². The summed E-state index contributed by atoms with van der Waals surface area (Å²) in [5.41, 5.74) is 0. The van der Waals surface area contributed by atoms with Crippen molar-refractivity contribution in [1.82, 2.24) is 0 Å². The zero-order valence-corrected chi connectivity index (χ0v) is 18.6. The van der Waals surface area contributed by atoms with Crippen LogP contribution in [0.15, 0.2) is 0 Å². The van der Waals surface area contributed by atoms with Crippen molar-refractivity contribution in [2.45, 2.75) is 97.8 Å². The molecule has 0 spiro atoms. The Hall–Kier alpha value is 0.730. The van der Waals surface area contributed by atoms with Crippen molar-refractivity contribution < 1.29 is 16.9 Å². The number of unbranched alkanes of at least 4 members (excludes halogenated alkanes) is 9. The van der Waals surface area contributed by atoms with Gasteiger partial charge in [0, 0.05) is 0 Å². The van der Waals surface area contributed by atoms with Gasteiger partial charge in [0.15, 0.2) is 0 Å². The van der Waals surface area contributed by atoms with Gasteiger partial charge in [0.1, 0.15) is 0 Å². The minimum atomic E-state index is 0. The molecule has 0 atom stereocenters. The number of nitrogens with zero attached hydrogens (tertiary/aromatic N) is 1. The standard InChI is InChI=1S/C20H43BrN.ClH/c1-4-7-10-13-17-22(20-16-21,18-14-11-8-5-2)19-15-12-9-6-3;/h4-20H2,1-3H3;1H/q+1;/p-1. The maximum Gasteiger partial charge on any atom is 0.0885 e. The summed E-state index contributed by atoms with van der Waals surface area (Å²) in [7, 11) is 0. The van der Waals surface area contributed by atoms with Gasteiger partial charge in [-0.25, -0.2) is 0 Å². The highest BCUT2D eigenvalue weighted by atomic mass is 79.9. The molecule has 0 heterocycles. The third-order valence-electron chi connectivity index (χ3n) is 5.02. The molecule has 0 radical (unpaired) electrons. The van der Waals surface area contributed by atoms with E-state index in [0.717, 1.165) is 0 Å². The number of alkyl halides is 1. The predicted octanol–water partition coefficient (Wildman–Crippen LogP) is 3.94. The van der Waals surface area contributed by atoms with Crippen LogP contribution in [0.2, 0.25) is 0 Å². The van der Waals surface area contributed by atoms with Crippen LogP contribution in [-0.4, -0.2) is 36.0 Å². The maximum absolute atomic E-state index is 3.74. The summed E-state index contributed by atoms with van der Waals surface area (Å²) in [6.07, 6.45) is 16.9. The minimum absolute atomic E-state index is 0. The Bertz CT molecular complexity index is 192. The van der Waals surface area contributed by atoms with E-state index in [2.05, 4.69) is 36.7 Å². The largest absolute Gasteiger partial charge is 1.00 e. The highest BCUT2D eigenvalue weighted by molar-refractivity contribution is 9.09. The lowest BCUT2D eigenvalue weighted by atomic mass is 10.1. The van der Waals surface area contributed by atoms with Gasteiger partial charge in [-0.3, -0.25) is 0 Å². The van der Waals surface area contributed by atoms with Crippen molar-refractivity contribution in [2.75, 3.05) is 31.5 Å². The molecule has 0 aliphatic rings. The molecule has 142 valence electrons. The van der Waals surface area contributed by atoms with Crippen molar-refractivity contribution in [3.63, 3.8) is 0 Å². The summed E-state index contributed by atoms with van der Waals surface area (Å²) in [6.45, 7) is 12.5. The summed E-state index contributed by atoms with van der Waals surface area (Å²) in [5.74, 6) is 0. The molecule has 0 saturated heterocycles. The monoisotopic (exact) mass is 411 g/mol. The van der Waals surface area contributed by atoms with E-state index in [1.54, 1.807) is 0 Å². The van der Waals surface area contributed by atoms with Crippen LogP contribution in [0.5, 0.6) is 0 Å². The summed E-state index contributed by atoms with van der Waals surface area (Å²) >= 11 is 3.74. The van der Waals surface area contributed by atoms with Crippen molar-refractivity contribution in [3.05, 3.63) is 0 Å². The topological polar surface area (TPSA) is 0 Å². The molecule has 1 nitrogen and oxygen atoms in total. The zero-order valence-electron chi connectivity index (χ0n) is 16.2. The van der Waals surface area contributed by atoms with E-state index >= 15 is 0 Å². The van der Waals surface area contributed by atoms with Crippen LogP contribution in [0.4, 0.5) is 0 Å². The quantitative estimate of drug-likeness (QED) is 0.193. The lowest BCUT2D eigenvalue weighted by Gasteiger charge is -2.39. The molecule has 0 rings (SSSR count). The zero-order chi connectivity index (χ0) is 16.5. The molecule has 0 unspecified atom stereocenters. The Labute approximate surface area is 162 Å². The Kier molecular flexibility index (Phi) is 21.5. The molecule has 0 bridgehead atoms. The van der Waals surface area contributed by atoms with Crippen molar-refractivity contribution in [2.24, 2.45) is 0 Å². The Morgan fingerprint density at radius 3 is 1.13 bits per heavy atom. The molecule has 0 amide bonds. The Morgan fingerprint density at radius 2 is 0.870 bits per heavy atom. The van der Waals surface area contributed by atoms with Crippen molar-refractivity contribution in [1.29, 1.82) is 0 Å². The van der Waals surface area contributed by atoms with Crippen LogP contribution in [0.25, 0.3) is 0 Å². The van der Waals surface area contributed by atoms with Gasteiger partial charge in [0.25, 0.3) is 0 Å². The molecule has 0 fully saturated rings. The molecule has 3 heteroatoms. The van der Waals surface area contributed by atoms with Crippen LogP contribution in [0.1, 0.15) is 97.8 Å². The van der Waals surface area contributed by atoms with Gasteiger partial charge in [-0.1, -0.05) is 75.2 Å². The minimum Gasteiger partial charge on any atom is -1.00 e. The first-order valence-corrected chi connectivity index (χ1v) is 11.3. The molecule has 0 N–H and O–H groups in total. The van der Waals surface area contributed by atoms with E-state index in [0.29, 0.717) is 0 Å². The van der Waals surface area contributed by atoms with Crippen LogP contribution >= 0.6 is 15.9 Å². The number of rotatable bonds is 17. The van der Waals surface area contributed by atoms with Gasteiger partial charge in [0.2, 0.25) is 0 Å².